The molecule has 10 heteroatoms. The van der Waals surface area contributed by atoms with Crippen LogP contribution in [-0.4, -0.2) is 71.1 Å². The van der Waals surface area contributed by atoms with E-state index in [1.54, 1.807) is 43.3 Å². The van der Waals surface area contributed by atoms with Crippen LogP contribution in [0.25, 0.3) is 11.0 Å². The van der Waals surface area contributed by atoms with E-state index in [9.17, 15) is 14.4 Å². The number of aromatic nitrogens is 3. The molecule has 1 atom stereocenters. The molecular formula is C23H27N5O5. The summed E-state index contributed by atoms with van der Waals surface area (Å²) >= 11 is 0. The lowest BCUT2D eigenvalue weighted by Crippen LogP contribution is -2.47. The Kier molecular flexibility index (Phi) is 8.48. The monoisotopic (exact) mass is 453 g/mol. The van der Waals surface area contributed by atoms with Gasteiger partial charge in [-0.25, -0.2) is 4.68 Å². The molecule has 0 spiro atoms. The normalized spacial score (nSPS) is 11.7. The fraction of sp³-hybridized carbons (Fsp3) is 0.348. The van der Waals surface area contributed by atoms with E-state index in [0.717, 1.165) is 0 Å². The average Bonchev–Trinajstić information content (AvgIpc) is 3.22. The summed E-state index contributed by atoms with van der Waals surface area (Å²) in [5, 5.41) is 10.9. The SMILES string of the molecule is CCOC(=O)CN(C(=O)Cn1nnc2ccccc21)[C@H](C(=O)NCCOC)c1ccccc1. The van der Waals surface area contributed by atoms with E-state index in [0.29, 0.717) is 23.2 Å². The molecule has 3 aromatic rings. The van der Waals surface area contributed by atoms with Gasteiger partial charge in [-0.3, -0.25) is 14.4 Å². The van der Waals surface area contributed by atoms with Crippen molar-refractivity contribution in [3.8, 4) is 0 Å². The van der Waals surface area contributed by atoms with Crippen LogP contribution in [0.3, 0.4) is 0 Å². The van der Waals surface area contributed by atoms with Crippen LogP contribution in [0.5, 0.6) is 0 Å². The van der Waals surface area contributed by atoms with Crippen molar-refractivity contribution in [1.29, 1.82) is 0 Å². The molecule has 0 aliphatic carbocycles. The van der Waals surface area contributed by atoms with Crippen molar-refractivity contribution in [2.24, 2.45) is 0 Å². The second-order valence-corrected chi connectivity index (χ2v) is 7.16. The number of rotatable bonds is 11. The Labute approximate surface area is 191 Å². The number of hydrogen-bond acceptors (Lipinski definition) is 7. The Bertz CT molecular complexity index is 1090. The van der Waals surface area contributed by atoms with Gasteiger partial charge in [0, 0.05) is 13.7 Å². The Morgan fingerprint density at radius 1 is 1.09 bits per heavy atom. The molecule has 0 saturated heterocycles. The molecule has 0 radical (unpaired) electrons. The number of carbonyl (C=O) groups excluding carboxylic acids is 3. The van der Waals surface area contributed by atoms with Crippen molar-refractivity contribution >= 4 is 28.8 Å². The number of nitrogens with zero attached hydrogens (tertiary/aromatic N) is 4. The highest BCUT2D eigenvalue weighted by Crippen LogP contribution is 2.22. The summed E-state index contributed by atoms with van der Waals surface area (Å²) in [4.78, 5) is 40.2. The van der Waals surface area contributed by atoms with Crippen molar-refractivity contribution in [3.05, 3.63) is 60.2 Å². The summed E-state index contributed by atoms with van der Waals surface area (Å²) in [6.07, 6.45) is 0. The maximum absolute atomic E-state index is 13.5. The second kappa shape index (κ2) is 11.7. The zero-order valence-corrected chi connectivity index (χ0v) is 18.6. The fourth-order valence-corrected chi connectivity index (χ4v) is 3.40. The van der Waals surface area contributed by atoms with Gasteiger partial charge in [0.2, 0.25) is 11.8 Å². The molecular weight excluding hydrogens is 426 g/mol. The molecule has 10 nitrogen and oxygen atoms in total. The highest BCUT2D eigenvalue weighted by atomic mass is 16.5. The molecule has 0 aliphatic heterocycles. The summed E-state index contributed by atoms with van der Waals surface area (Å²) in [6, 6.07) is 15.0. The second-order valence-electron chi connectivity index (χ2n) is 7.16. The molecule has 0 unspecified atom stereocenters. The van der Waals surface area contributed by atoms with E-state index in [1.165, 1.54) is 16.7 Å². The Morgan fingerprint density at radius 3 is 2.55 bits per heavy atom. The molecule has 1 aromatic heterocycles. The Balaban J connectivity index is 1.94. The minimum atomic E-state index is -1.05. The predicted octanol–water partition coefficient (Wildman–Crippen LogP) is 1.33. The highest BCUT2D eigenvalue weighted by molar-refractivity contribution is 5.91. The lowest BCUT2D eigenvalue weighted by molar-refractivity contribution is -0.152. The molecule has 1 heterocycles. The van der Waals surface area contributed by atoms with Crippen LogP contribution in [0.4, 0.5) is 0 Å². The van der Waals surface area contributed by atoms with Crippen LogP contribution in [0, 0.1) is 0 Å². The largest absolute Gasteiger partial charge is 0.465 e. The number of esters is 1. The van der Waals surface area contributed by atoms with E-state index in [1.807, 2.05) is 18.2 Å². The molecule has 1 N–H and O–H groups in total. The van der Waals surface area contributed by atoms with Gasteiger partial charge in [-0.05, 0) is 24.6 Å². The summed E-state index contributed by atoms with van der Waals surface area (Å²) in [5.41, 5.74) is 1.87. The van der Waals surface area contributed by atoms with Crippen molar-refractivity contribution in [3.63, 3.8) is 0 Å². The third kappa shape index (κ3) is 6.13. The molecule has 33 heavy (non-hydrogen) atoms. The molecule has 2 amide bonds. The smallest absolute Gasteiger partial charge is 0.325 e. The van der Waals surface area contributed by atoms with Crippen molar-refractivity contribution in [2.45, 2.75) is 19.5 Å². The Hall–Kier alpha value is -3.79. The first kappa shape index (κ1) is 23.9. The van der Waals surface area contributed by atoms with Gasteiger partial charge in [0.05, 0.1) is 18.7 Å². The van der Waals surface area contributed by atoms with Crippen molar-refractivity contribution in [2.75, 3.05) is 33.4 Å². The number of amides is 2. The van der Waals surface area contributed by atoms with E-state index >= 15 is 0 Å². The molecule has 174 valence electrons. The van der Waals surface area contributed by atoms with Crippen LogP contribution in [0.2, 0.25) is 0 Å². The van der Waals surface area contributed by atoms with Gasteiger partial charge in [0.1, 0.15) is 24.6 Å². The number of hydrogen-bond donors (Lipinski definition) is 1. The summed E-state index contributed by atoms with van der Waals surface area (Å²) in [7, 11) is 1.53. The van der Waals surface area contributed by atoms with Gasteiger partial charge < -0.3 is 19.7 Å². The van der Waals surface area contributed by atoms with Crippen LogP contribution in [-0.2, 0) is 30.4 Å². The lowest BCUT2D eigenvalue weighted by Gasteiger charge is -2.30. The first-order valence-corrected chi connectivity index (χ1v) is 10.6. The standard InChI is InChI=1S/C23H27N5O5/c1-3-33-21(30)16-27(20(29)15-28-19-12-8-7-11-18(19)25-26-28)22(17-9-5-4-6-10-17)23(31)24-13-14-32-2/h4-12,22H,3,13-16H2,1-2H3,(H,24,31)/t22-/m0/s1. The first-order valence-electron chi connectivity index (χ1n) is 10.6. The van der Waals surface area contributed by atoms with Crippen LogP contribution in [0.1, 0.15) is 18.5 Å². The van der Waals surface area contributed by atoms with Gasteiger partial charge in [-0.15, -0.1) is 5.10 Å². The quantitative estimate of drug-likeness (QED) is 0.344. The van der Waals surface area contributed by atoms with E-state index < -0.39 is 30.4 Å². The van der Waals surface area contributed by atoms with Crippen LogP contribution in [0.15, 0.2) is 54.6 Å². The third-order valence-electron chi connectivity index (χ3n) is 4.91. The molecule has 0 fully saturated rings. The highest BCUT2D eigenvalue weighted by Gasteiger charge is 2.33. The molecule has 0 aliphatic rings. The number of methoxy groups -OCH3 is 1. The molecule has 0 saturated carbocycles. The number of fused-ring (bicyclic) bond motifs is 1. The maximum Gasteiger partial charge on any atom is 0.325 e. The topological polar surface area (TPSA) is 116 Å². The zero-order chi connectivity index (χ0) is 23.6. The molecule has 3 rings (SSSR count). The maximum atomic E-state index is 13.5. The first-order chi connectivity index (χ1) is 16.0. The number of ether oxygens (including phenoxy) is 2. The number of para-hydroxylation sites is 1. The summed E-state index contributed by atoms with van der Waals surface area (Å²) in [5.74, 6) is -1.52. The Morgan fingerprint density at radius 2 is 1.82 bits per heavy atom. The van der Waals surface area contributed by atoms with E-state index in [-0.39, 0.29) is 19.7 Å². The van der Waals surface area contributed by atoms with Gasteiger partial charge in [-0.1, -0.05) is 47.7 Å². The zero-order valence-electron chi connectivity index (χ0n) is 18.6. The number of benzene rings is 2. The van der Waals surface area contributed by atoms with Crippen LogP contribution >= 0.6 is 0 Å². The van der Waals surface area contributed by atoms with E-state index in [4.69, 9.17) is 9.47 Å². The van der Waals surface area contributed by atoms with Gasteiger partial charge in [0.15, 0.2) is 0 Å². The third-order valence-corrected chi connectivity index (χ3v) is 4.91. The average molecular weight is 453 g/mol. The summed E-state index contributed by atoms with van der Waals surface area (Å²) in [6.45, 7) is 1.81. The predicted molar refractivity (Wildman–Crippen MR) is 120 cm³/mol. The van der Waals surface area contributed by atoms with Crippen molar-refractivity contribution < 1.29 is 23.9 Å². The van der Waals surface area contributed by atoms with Gasteiger partial charge in [0.25, 0.3) is 0 Å². The van der Waals surface area contributed by atoms with E-state index in [2.05, 4.69) is 15.6 Å². The van der Waals surface area contributed by atoms with Crippen molar-refractivity contribution in [1.82, 2.24) is 25.2 Å². The number of carbonyl (C=O) groups is 3. The van der Waals surface area contributed by atoms with Gasteiger partial charge in [-0.2, -0.15) is 0 Å². The lowest BCUT2D eigenvalue weighted by atomic mass is 10.0. The minimum Gasteiger partial charge on any atom is -0.465 e. The minimum absolute atomic E-state index is 0.157. The fourth-order valence-electron chi connectivity index (χ4n) is 3.40. The van der Waals surface area contributed by atoms with Crippen LogP contribution < -0.4 is 5.32 Å². The number of nitrogens with one attached hydrogen (secondary N) is 1. The molecule has 0 bridgehead atoms. The molecule has 2 aromatic carbocycles. The summed E-state index contributed by atoms with van der Waals surface area (Å²) < 4.78 is 11.5. The van der Waals surface area contributed by atoms with Gasteiger partial charge >= 0.3 is 5.97 Å².